The van der Waals surface area contributed by atoms with E-state index in [2.05, 4.69) is 53.7 Å². The number of ether oxygens (including phenoxy) is 1. The zero-order chi connectivity index (χ0) is 22.2. The number of aliphatic hydroxyl groups excluding tert-OH is 1. The van der Waals surface area contributed by atoms with Crippen molar-refractivity contribution in [2.24, 2.45) is 52.3 Å². The molecule has 1 spiro atoms. The SMILES string of the molecule is CCC(/C=C/[C@@H](C)C1CCC2C3CC4OC45C[C@@H](O)CC[C@]5(C)C3CC[C@@]21C)C(C)C. The van der Waals surface area contributed by atoms with Crippen LogP contribution >= 0.6 is 0 Å². The highest BCUT2D eigenvalue weighted by molar-refractivity contribution is 5.24. The zero-order valence-electron chi connectivity index (χ0n) is 21.1. The van der Waals surface area contributed by atoms with Gasteiger partial charge in [0.05, 0.1) is 12.2 Å². The molecule has 1 N–H and O–H groups in total. The first-order valence-corrected chi connectivity index (χ1v) is 13.7. The molecule has 5 rings (SSSR count). The van der Waals surface area contributed by atoms with Crippen LogP contribution in [0.4, 0.5) is 0 Å². The van der Waals surface area contributed by atoms with Crippen LogP contribution in [0.2, 0.25) is 0 Å². The lowest BCUT2D eigenvalue weighted by Crippen LogP contribution is -2.58. The molecule has 4 saturated carbocycles. The predicted octanol–water partition coefficient (Wildman–Crippen LogP) is 7.01. The fourth-order valence-corrected chi connectivity index (χ4v) is 9.84. The highest BCUT2D eigenvalue weighted by Crippen LogP contribution is 2.74. The van der Waals surface area contributed by atoms with Crippen molar-refractivity contribution in [1.82, 2.24) is 0 Å². The van der Waals surface area contributed by atoms with Gasteiger partial charge in [0, 0.05) is 11.8 Å². The van der Waals surface area contributed by atoms with Crippen LogP contribution < -0.4 is 0 Å². The van der Waals surface area contributed by atoms with Gasteiger partial charge >= 0.3 is 0 Å². The Bertz CT molecular complexity index is 714. The molecule has 0 radical (unpaired) electrons. The van der Waals surface area contributed by atoms with E-state index < -0.39 is 0 Å². The van der Waals surface area contributed by atoms with Gasteiger partial charge in [0.25, 0.3) is 0 Å². The van der Waals surface area contributed by atoms with E-state index in [1.165, 1.54) is 44.9 Å². The molecule has 11 atom stereocenters. The molecule has 176 valence electrons. The van der Waals surface area contributed by atoms with Gasteiger partial charge in [0.2, 0.25) is 0 Å². The van der Waals surface area contributed by atoms with E-state index in [1.54, 1.807) is 0 Å². The van der Waals surface area contributed by atoms with Crippen molar-refractivity contribution in [3.8, 4) is 0 Å². The van der Waals surface area contributed by atoms with Crippen LogP contribution in [0.15, 0.2) is 12.2 Å². The summed E-state index contributed by atoms with van der Waals surface area (Å²) < 4.78 is 6.52. The van der Waals surface area contributed by atoms with Gasteiger partial charge in [0.1, 0.15) is 5.60 Å². The van der Waals surface area contributed by atoms with Crippen LogP contribution in [0, 0.1) is 52.3 Å². The van der Waals surface area contributed by atoms with Gasteiger partial charge in [-0.25, -0.2) is 0 Å². The Morgan fingerprint density at radius 1 is 1.00 bits per heavy atom. The molecule has 0 bridgehead atoms. The molecule has 0 aromatic heterocycles. The van der Waals surface area contributed by atoms with Gasteiger partial charge < -0.3 is 9.84 Å². The van der Waals surface area contributed by atoms with E-state index in [0.717, 1.165) is 48.3 Å². The molecule has 2 heteroatoms. The summed E-state index contributed by atoms with van der Waals surface area (Å²) in [4.78, 5) is 0. The largest absolute Gasteiger partial charge is 0.393 e. The van der Waals surface area contributed by atoms with Crippen molar-refractivity contribution >= 4 is 0 Å². The quantitative estimate of drug-likeness (QED) is 0.377. The summed E-state index contributed by atoms with van der Waals surface area (Å²) in [6, 6.07) is 0. The maximum Gasteiger partial charge on any atom is 0.103 e. The molecule has 2 nitrogen and oxygen atoms in total. The average Bonchev–Trinajstić information content (AvgIpc) is 3.29. The number of hydrogen-bond acceptors (Lipinski definition) is 2. The Kier molecular flexibility index (Phi) is 5.50. The van der Waals surface area contributed by atoms with Gasteiger partial charge in [-0.3, -0.25) is 0 Å². The van der Waals surface area contributed by atoms with Crippen molar-refractivity contribution in [2.45, 2.75) is 117 Å². The molecular formula is C29H48O2. The maximum atomic E-state index is 10.4. The van der Waals surface area contributed by atoms with Crippen LogP contribution in [-0.2, 0) is 4.74 Å². The van der Waals surface area contributed by atoms with Gasteiger partial charge in [0.15, 0.2) is 0 Å². The molecule has 1 aliphatic heterocycles. The van der Waals surface area contributed by atoms with E-state index >= 15 is 0 Å². The summed E-state index contributed by atoms with van der Waals surface area (Å²) in [6.07, 6.45) is 16.7. The summed E-state index contributed by atoms with van der Waals surface area (Å²) in [5.41, 5.74) is 0.833. The third-order valence-electron chi connectivity index (χ3n) is 11.8. The second-order valence-corrected chi connectivity index (χ2v) is 13.2. The minimum atomic E-state index is -0.134. The lowest BCUT2D eigenvalue weighted by molar-refractivity contribution is -0.115. The van der Waals surface area contributed by atoms with Gasteiger partial charge in [-0.05, 0) is 98.2 Å². The van der Waals surface area contributed by atoms with Crippen LogP contribution in [0.3, 0.4) is 0 Å². The lowest BCUT2D eigenvalue weighted by atomic mass is 9.44. The first-order chi connectivity index (χ1) is 14.7. The fraction of sp³-hybridized carbons (Fsp3) is 0.931. The first-order valence-electron chi connectivity index (χ1n) is 13.7. The minimum absolute atomic E-state index is 0.0274. The monoisotopic (exact) mass is 428 g/mol. The average molecular weight is 429 g/mol. The Balaban J connectivity index is 1.35. The number of fused-ring (bicyclic) bond motifs is 4. The first kappa shape index (κ1) is 22.5. The summed E-state index contributed by atoms with van der Waals surface area (Å²) in [5, 5.41) is 10.4. The van der Waals surface area contributed by atoms with Crippen LogP contribution in [-0.4, -0.2) is 22.9 Å². The van der Waals surface area contributed by atoms with Crippen molar-refractivity contribution in [3.63, 3.8) is 0 Å². The van der Waals surface area contributed by atoms with E-state index in [9.17, 15) is 5.11 Å². The number of allylic oxidation sites excluding steroid dienone is 2. The zero-order valence-corrected chi connectivity index (χ0v) is 21.1. The molecule has 0 aromatic rings. The molecule has 1 heterocycles. The molecule has 4 aliphatic carbocycles. The topological polar surface area (TPSA) is 32.8 Å². The van der Waals surface area contributed by atoms with Crippen molar-refractivity contribution < 1.29 is 9.84 Å². The van der Waals surface area contributed by atoms with E-state index in [-0.39, 0.29) is 11.7 Å². The van der Waals surface area contributed by atoms with Crippen molar-refractivity contribution in [1.29, 1.82) is 0 Å². The van der Waals surface area contributed by atoms with Gasteiger partial charge in [-0.15, -0.1) is 0 Å². The predicted molar refractivity (Wildman–Crippen MR) is 128 cm³/mol. The molecule has 5 fully saturated rings. The van der Waals surface area contributed by atoms with Gasteiger partial charge in [-0.2, -0.15) is 0 Å². The Morgan fingerprint density at radius 3 is 2.48 bits per heavy atom. The molecule has 1 saturated heterocycles. The Morgan fingerprint density at radius 2 is 1.77 bits per heavy atom. The second-order valence-electron chi connectivity index (χ2n) is 13.2. The summed E-state index contributed by atoms with van der Waals surface area (Å²) >= 11 is 0. The molecule has 31 heavy (non-hydrogen) atoms. The van der Waals surface area contributed by atoms with Gasteiger partial charge in [-0.1, -0.05) is 53.7 Å². The highest BCUT2D eigenvalue weighted by atomic mass is 16.6. The Hall–Kier alpha value is -0.340. The molecule has 0 amide bonds. The summed E-state index contributed by atoms with van der Waals surface area (Å²) in [5.74, 6) is 5.54. The number of epoxide rings is 1. The molecule has 5 aliphatic rings. The number of rotatable bonds is 5. The third kappa shape index (κ3) is 3.17. The number of aliphatic hydroxyl groups is 1. The highest BCUT2D eigenvalue weighted by Gasteiger charge is 2.76. The van der Waals surface area contributed by atoms with E-state index in [0.29, 0.717) is 22.9 Å². The molecular weight excluding hydrogens is 380 g/mol. The van der Waals surface area contributed by atoms with Crippen LogP contribution in [0.1, 0.15) is 99.3 Å². The fourth-order valence-electron chi connectivity index (χ4n) is 9.84. The minimum Gasteiger partial charge on any atom is -0.393 e. The summed E-state index contributed by atoms with van der Waals surface area (Å²) in [6.45, 7) is 14.8. The lowest BCUT2D eigenvalue weighted by Gasteiger charge is -2.59. The maximum absolute atomic E-state index is 10.4. The van der Waals surface area contributed by atoms with Crippen LogP contribution in [0.5, 0.6) is 0 Å². The number of hydrogen-bond donors (Lipinski definition) is 1. The Labute approximate surface area is 191 Å². The van der Waals surface area contributed by atoms with Crippen molar-refractivity contribution in [2.75, 3.05) is 0 Å². The van der Waals surface area contributed by atoms with Crippen LogP contribution in [0.25, 0.3) is 0 Å². The molecule has 0 aromatic carbocycles. The third-order valence-corrected chi connectivity index (χ3v) is 11.8. The van der Waals surface area contributed by atoms with E-state index in [1.807, 2.05) is 0 Å². The van der Waals surface area contributed by atoms with Crippen molar-refractivity contribution in [3.05, 3.63) is 12.2 Å². The summed E-state index contributed by atoms with van der Waals surface area (Å²) in [7, 11) is 0. The van der Waals surface area contributed by atoms with E-state index in [4.69, 9.17) is 4.74 Å². The standard InChI is InChI=1S/C29H48O2/c1-7-20(18(2)3)9-8-19(4)23-10-11-24-22-16-26-29(31-26)17-21(30)12-15-28(29,6)25(22)13-14-27(23,24)5/h8-9,18-26,30H,7,10-17H2,1-6H3/b9-8+/t19-,20?,21+,22?,23?,24?,25?,26?,27-,28-,29?/m1/s1. The smallest absolute Gasteiger partial charge is 0.103 e. The second kappa shape index (κ2) is 7.59. The normalized spacial score (nSPS) is 52.9. The molecule has 7 unspecified atom stereocenters.